The normalized spacial score (nSPS) is 10.4. The van der Waals surface area contributed by atoms with E-state index in [0.717, 1.165) is 22.4 Å². The van der Waals surface area contributed by atoms with Crippen LogP contribution < -0.4 is 4.74 Å². The summed E-state index contributed by atoms with van der Waals surface area (Å²) in [6.07, 6.45) is 0.818. The van der Waals surface area contributed by atoms with E-state index >= 15 is 0 Å². The fourth-order valence-corrected chi connectivity index (χ4v) is 2.66. The first-order chi connectivity index (χ1) is 9.11. The first-order valence-electron chi connectivity index (χ1n) is 6.15. The molecule has 0 bridgehead atoms. The molecule has 0 radical (unpaired) electrons. The number of carboxylic acids is 1. The van der Waals surface area contributed by atoms with Gasteiger partial charge < -0.3 is 9.84 Å². The van der Waals surface area contributed by atoms with Crippen LogP contribution in [0.3, 0.4) is 0 Å². The van der Waals surface area contributed by atoms with Crippen LogP contribution in [0, 0.1) is 6.92 Å². The van der Waals surface area contributed by atoms with E-state index in [2.05, 4.69) is 0 Å². The highest BCUT2D eigenvalue weighted by Gasteiger charge is 2.16. The van der Waals surface area contributed by atoms with Crippen LogP contribution in [-0.4, -0.2) is 11.1 Å². The second-order valence-electron chi connectivity index (χ2n) is 4.28. The van der Waals surface area contributed by atoms with Gasteiger partial charge in [-0.3, -0.25) is 0 Å². The summed E-state index contributed by atoms with van der Waals surface area (Å²) in [7, 11) is 0. The fourth-order valence-electron chi connectivity index (χ4n) is 1.78. The van der Waals surface area contributed by atoms with E-state index in [0.29, 0.717) is 12.4 Å². The first-order valence-corrected chi connectivity index (χ1v) is 6.96. The van der Waals surface area contributed by atoms with Gasteiger partial charge in [0.2, 0.25) is 0 Å². The number of rotatable bonds is 5. The van der Waals surface area contributed by atoms with Gasteiger partial charge in [0.25, 0.3) is 0 Å². The monoisotopic (exact) mass is 276 g/mol. The number of carboxylic acid groups (broad SMARTS) is 1. The van der Waals surface area contributed by atoms with Gasteiger partial charge in [-0.25, -0.2) is 4.79 Å². The highest BCUT2D eigenvalue weighted by Crippen LogP contribution is 2.30. The van der Waals surface area contributed by atoms with Crippen LogP contribution in [0.4, 0.5) is 0 Å². The third kappa shape index (κ3) is 3.15. The molecule has 2 rings (SSSR count). The molecule has 0 amide bonds. The van der Waals surface area contributed by atoms with E-state index in [9.17, 15) is 4.79 Å². The summed E-state index contributed by atoms with van der Waals surface area (Å²) in [6.45, 7) is 4.41. The molecule has 0 saturated heterocycles. The highest BCUT2D eigenvalue weighted by atomic mass is 32.1. The Morgan fingerprint density at radius 1 is 1.37 bits per heavy atom. The van der Waals surface area contributed by atoms with Crippen molar-refractivity contribution in [2.75, 3.05) is 0 Å². The topological polar surface area (TPSA) is 46.5 Å². The Bertz CT molecular complexity index is 587. The Balaban J connectivity index is 2.17. The highest BCUT2D eigenvalue weighted by molar-refractivity contribution is 7.14. The number of thiophene rings is 1. The summed E-state index contributed by atoms with van der Waals surface area (Å²) >= 11 is 1.28. The minimum absolute atomic E-state index is 0.283. The zero-order valence-corrected chi connectivity index (χ0v) is 11.8. The Labute approximate surface area is 116 Å². The Morgan fingerprint density at radius 3 is 2.74 bits per heavy atom. The van der Waals surface area contributed by atoms with Crippen molar-refractivity contribution in [1.29, 1.82) is 0 Å². The molecule has 100 valence electrons. The summed E-state index contributed by atoms with van der Waals surface area (Å²) in [4.78, 5) is 12.5. The molecule has 0 spiro atoms. The maximum absolute atomic E-state index is 11.2. The predicted octanol–water partition coefficient (Wildman–Crippen LogP) is 3.90. The zero-order chi connectivity index (χ0) is 13.8. The molecule has 0 fully saturated rings. The van der Waals surface area contributed by atoms with Crippen molar-refractivity contribution in [2.24, 2.45) is 0 Å². The number of aromatic carboxylic acids is 1. The van der Waals surface area contributed by atoms with Gasteiger partial charge >= 0.3 is 5.97 Å². The lowest BCUT2D eigenvalue weighted by Crippen LogP contribution is -2.01. The number of hydrogen-bond donors (Lipinski definition) is 1. The molecule has 0 aliphatic carbocycles. The van der Waals surface area contributed by atoms with Gasteiger partial charge in [-0.15, -0.1) is 11.3 Å². The Hall–Kier alpha value is -1.81. The van der Waals surface area contributed by atoms with Crippen molar-refractivity contribution >= 4 is 17.3 Å². The molecule has 0 aliphatic rings. The molecular formula is C15H16O3S. The molecule has 0 aliphatic heterocycles. The second-order valence-corrected chi connectivity index (χ2v) is 5.42. The lowest BCUT2D eigenvalue weighted by molar-refractivity contribution is 0.0697. The maximum Gasteiger partial charge on any atom is 0.349 e. The molecule has 1 N–H and O–H groups in total. The van der Waals surface area contributed by atoms with E-state index in [1.165, 1.54) is 11.3 Å². The van der Waals surface area contributed by atoms with Crippen LogP contribution in [0.5, 0.6) is 5.75 Å². The van der Waals surface area contributed by atoms with Gasteiger partial charge in [-0.05, 0) is 30.5 Å². The van der Waals surface area contributed by atoms with Crippen molar-refractivity contribution in [3.63, 3.8) is 0 Å². The van der Waals surface area contributed by atoms with E-state index in [1.807, 2.05) is 44.2 Å². The van der Waals surface area contributed by atoms with E-state index in [-0.39, 0.29) is 4.88 Å². The van der Waals surface area contributed by atoms with Crippen LogP contribution in [0.25, 0.3) is 0 Å². The Kier molecular flexibility index (Phi) is 4.22. The zero-order valence-electron chi connectivity index (χ0n) is 11.0. The summed E-state index contributed by atoms with van der Waals surface area (Å²) in [6, 6.07) is 9.76. The quantitative estimate of drug-likeness (QED) is 0.901. The third-order valence-electron chi connectivity index (χ3n) is 2.94. The van der Waals surface area contributed by atoms with Crippen LogP contribution in [0.1, 0.15) is 32.6 Å². The average Bonchev–Trinajstić information content (AvgIpc) is 2.81. The molecule has 0 saturated carbocycles. The predicted molar refractivity (Wildman–Crippen MR) is 76.2 cm³/mol. The molecule has 1 aromatic carbocycles. The minimum Gasteiger partial charge on any atom is -0.487 e. The molecule has 2 aromatic rings. The van der Waals surface area contributed by atoms with Crippen molar-refractivity contribution < 1.29 is 14.6 Å². The van der Waals surface area contributed by atoms with E-state index in [1.54, 1.807) is 0 Å². The lowest BCUT2D eigenvalue weighted by Gasteiger charge is -2.07. The smallest absolute Gasteiger partial charge is 0.349 e. The third-order valence-corrected chi connectivity index (χ3v) is 4.18. The molecule has 3 nitrogen and oxygen atoms in total. The SMILES string of the molecule is CCc1cc(OCc2ccccc2C)c(C(=O)O)s1. The minimum atomic E-state index is -0.926. The number of hydrogen-bond acceptors (Lipinski definition) is 3. The lowest BCUT2D eigenvalue weighted by atomic mass is 10.1. The molecule has 1 heterocycles. The number of carbonyl (C=O) groups is 1. The summed E-state index contributed by atoms with van der Waals surface area (Å²) in [5.74, 6) is -0.456. The molecular weight excluding hydrogens is 260 g/mol. The van der Waals surface area contributed by atoms with Gasteiger partial charge in [0, 0.05) is 4.88 Å². The summed E-state index contributed by atoms with van der Waals surface area (Å²) in [5, 5.41) is 9.16. The number of benzene rings is 1. The molecule has 0 unspecified atom stereocenters. The van der Waals surface area contributed by atoms with Crippen LogP contribution in [0.15, 0.2) is 30.3 Å². The number of aryl methyl sites for hydroxylation is 2. The standard InChI is InChI=1S/C15H16O3S/c1-3-12-8-13(14(19-12)15(16)17)18-9-11-7-5-4-6-10(11)2/h4-8H,3,9H2,1-2H3,(H,16,17). The van der Waals surface area contributed by atoms with Gasteiger partial charge in [0.1, 0.15) is 12.4 Å². The van der Waals surface area contributed by atoms with E-state index in [4.69, 9.17) is 9.84 Å². The molecule has 0 atom stereocenters. The van der Waals surface area contributed by atoms with Crippen molar-refractivity contribution in [3.8, 4) is 5.75 Å². The van der Waals surface area contributed by atoms with Crippen LogP contribution in [-0.2, 0) is 13.0 Å². The van der Waals surface area contributed by atoms with Gasteiger partial charge in [-0.2, -0.15) is 0 Å². The van der Waals surface area contributed by atoms with Gasteiger partial charge in [0.15, 0.2) is 4.88 Å². The molecule has 1 aromatic heterocycles. The average molecular weight is 276 g/mol. The number of ether oxygens (including phenoxy) is 1. The van der Waals surface area contributed by atoms with Crippen molar-refractivity contribution in [3.05, 3.63) is 51.2 Å². The van der Waals surface area contributed by atoms with Gasteiger partial charge in [-0.1, -0.05) is 31.2 Å². The summed E-state index contributed by atoms with van der Waals surface area (Å²) < 4.78 is 5.68. The van der Waals surface area contributed by atoms with E-state index < -0.39 is 5.97 Å². The fraction of sp³-hybridized carbons (Fsp3) is 0.267. The first kappa shape index (κ1) is 13.6. The summed E-state index contributed by atoms with van der Waals surface area (Å²) in [5.41, 5.74) is 2.22. The Morgan fingerprint density at radius 2 is 2.11 bits per heavy atom. The van der Waals surface area contributed by atoms with Crippen molar-refractivity contribution in [1.82, 2.24) is 0 Å². The van der Waals surface area contributed by atoms with Crippen molar-refractivity contribution in [2.45, 2.75) is 26.9 Å². The largest absolute Gasteiger partial charge is 0.487 e. The maximum atomic E-state index is 11.2. The van der Waals surface area contributed by atoms with Crippen LogP contribution in [0.2, 0.25) is 0 Å². The second kappa shape index (κ2) is 5.89. The van der Waals surface area contributed by atoms with Gasteiger partial charge in [0.05, 0.1) is 0 Å². The molecule has 4 heteroatoms. The molecule has 19 heavy (non-hydrogen) atoms. The van der Waals surface area contributed by atoms with Crippen LogP contribution >= 0.6 is 11.3 Å².